The number of anilines is 1. The lowest BCUT2D eigenvalue weighted by atomic mass is 9.49. The van der Waals surface area contributed by atoms with E-state index in [9.17, 15) is 0 Å². The Kier molecular flexibility index (Phi) is 4.45. The molecule has 1 aliphatic heterocycles. The highest BCUT2D eigenvalue weighted by Crippen LogP contribution is 2.21. The van der Waals surface area contributed by atoms with Gasteiger partial charge in [-0.2, -0.15) is 0 Å². The van der Waals surface area contributed by atoms with Gasteiger partial charge in [0.2, 0.25) is 5.95 Å². The molecule has 8 nitrogen and oxygen atoms in total. The highest BCUT2D eigenvalue weighted by molar-refractivity contribution is 6.59. The van der Waals surface area contributed by atoms with Crippen LogP contribution in [0.15, 0.2) is 59.2 Å². The summed E-state index contributed by atoms with van der Waals surface area (Å²) >= 11 is 0. The topological polar surface area (TPSA) is 92.0 Å². The highest BCUT2D eigenvalue weighted by atomic mass is 16.5. The number of hydrogen-bond acceptors (Lipinski definition) is 8. The molecule has 0 saturated carbocycles. The first-order valence-corrected chi connectivity index (χ1v) is 8.07. The molecule has 0 saturated heterocycles. The summed E-state index contributed by atoms with van der Waals surface area (Å²) in [5.41, 5.74) is 6.41. The Bertz CT molecular complexity index is 972. The van der Waals surface area contributed by atoms with Crippen molar-refractivity contribution in [1.29, 1.82) is 0 Å². The fraction of sp³-hybridized carbons (Fsp3) is 0.125. The first kappa shape index (κ1) is 17.4. The van der Waals surface area contributed by atoms with Crippen LogP contribution in [0.5, 0.6) is 0 Å². The number of hydrazine groups is 1. The lowest BCUT2D eigenvalue weighted by Crippen LogP contribution is -2.52. The van der Waals surface area contributed by atoms with Crippen LogP contribution in [0.25, 0.3) is 22.8 Å². The Morgan fingerprint density at radius 3 is 2.52 bits per heavy atom. The summed E-state index contributed by atoms with van der Waals surface area (Å²) < 4.78 is 4.87. The van der Waals surface area contributed by atoms with E-state index in [0.29, 0.717) is 35.3 Å². The molecule has 126 valence electrons. The van der Waals surface area contributed by atoms with E-state index in [4.69, 9.17) is 28.1 Å². The molecule has 0 aliphatic carbocycles. The van der Waals surface area contributed by atoms with Crippen LogP contribution >= 0.6 is 0 Å². The van der Waals surface area contributed by atoms with Gasteiger partial charge in [-0.25, -0.2) is 20.4 Å². The average Bonchev–Trinajstić information content (AvgIpc) is 3.34. The zero-order valence-corrected chi connectivity index (χ0v) is 14.2. The van der Waals surface area contributed by atoms with Gasteiger partial charge in [0.25, 0.3) is 0 Å². The molecular weight excluding hydrogens is 339 g/mol. The Labute approximate surface area is 159 Å². The van der Waals surface area contributed by atoms with Gasteiger partial charge in [-0.15, -0.1) is 0 Å². The molecule has 0 aromatic carbocycles. The van der Waals surface area contributed by atoms with Crippen molar-refractivity contribution >= 4 is 29.5 Å². The van der Waals surface area contributed by atoms with Gasteiger partial charge in [0.1, 0.15) is 12.0 Å². The van der Waals surface area contributed by atoms with Crippen molar-refractivity contribution in [2.45, 2.75) is 5.24 Å². The predicted octanol–water partition coefficient (Wildman–Crippen LogP) is 0.384. The van der Waals surface area contributed by atoms with Crippen molar-refractivity contribution in [2.75, 3.05) is 11.9 Å². The third kappa shape index (κ3) is 3.87. The fourth-order valence-corrected chi connectivity index (χ4v) is 2.51. The Hall–Kier alpha value is -3.07. The van der Waals surface area contributed by atoms with Gasteiger partial charge in [-0.05, 0) is 18.2 Å². The zero-order valence-electron chi connectivity index (χ0n) is 14.2. The fourth-order valence-electron chi connectivity index (χ4n) is 2.51. The predicted molar refractivity (Wildman–Crippen MR) is 102 cm³/mol. The number of nitrogens with one attached hydrogen (secondary N) is 2. The Morgan fingerprint density at radius 1 is 1.04 bits per heavy atom. The lowest BCUT2D eigenvalue weighted by Gasteiger charge is -2.33. The molecule has 4 heterocycles. The van der Waals surface area contributed by atoms with E-state index in [1.165, 1.54) is 11.3 Å². The number of nitrogens with zero attached hydrogens (tertiary/aromatic N) is 5. The van der Waals surface area contributed by atoms with Gasteiger partial charge < -0.3 is 14.8 Å². The van der Waals surface area contributed by atoms with Crippen molar-refractivity contribution in [3.63, 3.8) is 0 Å². The maximum absolute atomic E-state index is 5.65. The minimum Gasteiger partial charge on any atom is -0.364 e. The van der Waals surface area contributed by atoms with E-state index in [-0.39, 0.29) is 0 Å². The largest absolute Gasteiger partial charge is 0.364 e. The normalized spacial score (nSPS) is 14.2. The zero-order chi connectivity index (χ0) is 18.9. The molecule has 0 bridgehead atoms. The third-order valence-corrected chi connectivity index (χ3v) is 3.78. The van der Waals surface area contributed by atoms with Crippen molar-refractivity contribution in [1.82, 2.24) is 30.5 Å². The monoisotopic (exact) mass is 351 g/mol. The molecule has 0 amide bonds. The van der Waals surface area contributed by atoms with E-state index in [1.807, 2.05) is 18.2 Å². The first-order chi connectivity index (χ1) is 13.0. The molecule has 0 unspecified atom stereocenters. The second-order valence-electron chi connectivity index (χ2n) is 5.93. The molecule has 4 rings (SSSR count). The van der Waals surface area contributed by atoms with Gasteiger partial charge in [0.05, 0.1) is 52.9 Å². The van der Waals surface area contributed by atoms with E-state index < -0.39 is 5.24 Å². The third-order valence-electron chi connectivity index (χ3n) is 3.78. The molecular formula is C16H12B3N7O. The van der Waals surface area contributed by atoms with E-state index in [0.717, 1.165) is 5.70 Å². The summed E-state index contributed by atoms with van der Waals surface area (Å²) in [6, 6.07) is 9.12. The number of rotatable bonds is 5. The highest BCUT2D eigenvalue weighted by Gasteiger charge is 2.22. The molecule has 6 radical (unpaired) electrons. The smallest absolute Gasteiger partial charge is 0.227 e. The van der Waals surface area contributed by atoms with Crippen LogP contribution in [0.2, 0.25) is 0 Å². The van der Waals surface area contributed by atoms with Gasteiger partial charge >= 0.3 is 0 Å². The number of hydrogen-bond donors (Lipinski definition) is 2. The minimum absolute atomic E-state index is 0.410. The minimum atomic E-state index is -1.50. The lowest BCUT2D eigenvalue weighted by molar-refractivity contribution is 0.307. The summed E-state index contributed by atoms with van der Waals surface area (Å²) in [6.07, 6.45) is 4.82. The second kappa shape index (κ2) is 6.92. The summed E-state index contributed by atoms with van der Waals surface area (Å²) in [4.78, 5) is 13.3. The maximum Gasteiger partial charge on any atom is 0.227 e. The van der Waals surface area contributed by atoms with Crippen molar-refractivity contribution < 1.29 is 4.52 Å². The molecule has 3 aromatic rings. The summed E-state index contributed by atoms with van der Waals surface area (Å²) in [5, 5.41) is 6.91. The van der Waals surface area contributed by atoms with Crippen LogP contribution in [-0.2, 0) is 0 Å². The van der Waals surface area contributed by atoms with E-state index >= 15 is 0 Å². The van der Waals surface area contributed by atoms with Crippen LogP contribution < -0.4 is 10.7 Å². The summed E-state index contributed by atoms with van der Waals surface area (Å²) in [7, 11) is 16.9. The standard InChI is InChI=1S/C16H12B3N7O/c17-16(18,19)26-9-10(8-21-26)22-15-20-6-4-13(24-15)11-2-1-3-12(23-11)14-5-7-27-25-14/h1-7,9,21H,8H2,(H,20,22,24). The molecule has 27 heavy (non-hydrogen) atoms. The summed E-state index contributed by atoms with van der Waals surface area (Å²) in [6.45, 7) is 0.459. The van der Waals surface area contributed by atoms with Crippen LogP contribution in [0.4, 0.5) is 5.95 Å². The maximum atomic E-state index is 5.65. The molecule has 0 spiro atoms. The molecule has 11 heteroatoms. The van der Waals surface area contributed by atoms with Crippen molar-refractivity contribution in [3.05, 3.63) is 54.7 Å². The Balaban J connectivity index is 1.56. The number of pyridine rings is 1. The molecule has 2 N–H and O–H groups in total. The van der Waals surface area contributed by atoms with Crippen molar-refractivity contribution in [2.24, 2.45) is 0 Å². The van der Waals surface area contributed by atoms with Gasteiger partial charge in [0, 0.05) is 18.5 Å². The van der Waals surface area contributed by atoms with Gasteiger partial charge in [-0.1, -0.05) is 16.5 Å². The van der Waals surface area contributed by atoms with Crippen LogP contribution in [0.1, 0.15) is 0 Å². The van der Waals surface area contributed by atoms with Crippen LogP contribution in [0.3, 0.4) is 0 Å². The van der Waals surface area contributed by atoms with E-state index in [2.05, 4.69) is 30.9 Å². The first-order valence-electron chi connectivity index (χ1n) is 8.07. The van der Waals surface area contributed by atoms with Crippen LogP contribution in [0, 0.1) is 0 Å². The molecule has 0 fully saturated rings. The van der Waals surface area contributed by atoms with Crippen molar-refractivity contribution in [3.8, 4) is 22.8 Å². The number of aromatic nitrogens is 4. The molecule has 3 aromatic heterocycles. The average molecular weight is 351 g/mol. The van der Waals surface area contributed by atoms with Gasteiger partial charge in [0.15, 0.2) is 0 Å². The van der Waals surface area contributed by atoms with E-state index in [1.54, 1.807) is 24.5 Å². The molecule has 1 aliphatic rings. The second-order valence-corrected chi connectivity index (χ2v) is 5.93. The Morgan fingerprint density at radius 2 is 1.81 bits per heavy atom. The van der Waals surface area contributed by atoms with Gasteiger partial charge in [-0.3, -0.25) is 0 Å². The SMILES string of the molecule is [B]C([B])([B])N1C=C(Nc2nccc(-c3cccc(-c4ccon4)n3)n2)CN1. The summed E-state index contributed by atoms with van der Waals surface area (Å²) in [5.74, 6) is 0.410. The molecule has 0 atom stereocenters. The quantitative estimate of drug-likeness (QED) is 0.638. The van der Waals surface area contributed by atoms with Crippen LogP contribution in [-0.4, -0.2) is 60.4 Å².